The summed E-state index contributed by atoms with van der Waals surface area (Å²) in [7, 11) is 0. The lowest BCUT2D eigenvalue weighted by molar-refractivity contribution is -0.125. The molecule has 0 unspecified atom stereocenters. The Balaban J connectivity index is 2.25. The Morgan fingerprint density at radius 1 is 1.41 bits per heavy atom. The largest absolute Gasteiger partial charge is 0.482 e. The van der Waals surface area contributed by atoms with Crippen molar-refractivity contribution < 1.29 is 19.1 Å². The maximum atomic E-state index is 12.1. The smallest absolute Gasteiger partial charge is 0.265 e. The van der Waals surface area contributed by atoms with E-state index in [4.69, 9.17) is 4.74 Å². The molecule has 6 nitrogen and oxygen atoms in total. The van der Waals surface area contributed by atoms with Gasteiger partial charge in [0.15, 0.2) is 12.4 Å². The Labute approximate surface area is 129 Å². The van der Waals surface area contributed by atoms with Crippen molar-refractivity contribution in [3.8, 4) is 5.75 Å². The molecule has 0 saturated carbocycles. The van der Waals surface area contributed by atoms with Gasteiger partial charge in [-0.05, 0) is 38.5 Å². The number of Topliss-reactive ketones (excluding diaryl/α,β-unsaturated/α-hetero) is 1. The van der Waals surface area contributed by atoms with Crippen LogP contribution in [0.4, 0.5) is 5.69 Å². The van der Waals surface area contributed by atoms with Crippen molar-refractivity contribution in [3.63, 3.8) is 0 Å². The van der Waals surface area contributed by atoms with Crippen LogP contribution < -0.4 is 15.0 Å². The van der Waals surface area contributed by atoms with E-state index in [0.717, 1.165) is 6.42 Å². The Morgan fingerprint density at radius 3 is 2.77 bits per heavy atom. The molecule has 1 aliphatic rings. The van der Waals surface area contributed by atoms with E-state index in [1.54, 1.807) is 18.2 Å². The molecule has 0 aromatic heterocycles. The fourth-order valence-electron chi connectivity index (χ4n) is 2.16. The highest BCUT2D eigenvalue weighted by molar-refractivity contribution is 6.04. The number of ketones is 1. The van der Waals surface area contributed by atoms with Crippen LogP contribution in [0, 0.1) is 0 Å². The third-order valence-corrected chi connectivity index (χ3v) is 3.63. The summed E-state index contributed by atoms with van der Waals surface area (Å²) in [4.78, 5) is 37.0. The van der Waals surface area contributed by atoms with Crippen LogP contribution in [0.3, 0.4) is 0 Å². The SMILES string of the molecule is CC[C@@H](C)NC(=O)CN1C(=O)COc2ccc(C(C)=O)cc21. The third-order valence-electron chi connectivity index (χ3n) is 3.63. The highest BCUT2D eigenvalue weighted by atomic mass is 16.5. The van der Waals surface area contributed by atoms with E-state index in [2.05, 4.69) is 5.32 Å². The molecule has 1 N–H and O–H groups in total. The van der Waals surface area contributed by atoms with Crippen molar-refractivity contribution in [2.75, 3.05) is 18.1 Å². The zero-order chi connectivity index (χ0) is 16.3. The minimum atomic E-state index is -0.299. The number of carbonyl (C=O) groups is 3. The summed E-state index contributed by atoms with van der Waals surface area (Å²) in [5.74, 6) is -0.137. The molecule has 0 aliphatic carbocycles. The molecule has 1 aromatic rings. The summed E-state index contributed by atoms with van der Waals surface area (Å²) >= 11 is 0. The van der Waals surface area contributed by atoms with Gasteiger partial charge in [0.2, 0.25) is 5.91 Å². The maximum absolute atomic E-state index is 12.1. The Hall–Kier alpha value is -2.37. The summed E-state index contributed by atoms with van der Waals surface area (Å²) in [6.45, 7) is 5.14. The predicted octanol–water partition coefficient (Wildman–Crippen LogP) is 1.53. The van der Waals surface area contributed by atoms with E-state index in [1.165, 1.54) is 11.8 Å². The number of nitrogens with zero attached hydrogens (tertiary/aromatic N) is 1. The first-order chi connectivity index (χ1) is 10.4. The van der Waals surface area contributed by atoms with Crippen LogP contribution in [-0.4, -0.2) is 36.8 Å². The van der Waals surface area contributed by atoms with Crippen LogP contribution in [0.15, 0.2) is 18.2 Å². The van der Waals surface area contributed by atoms with Crippen LogP contribution >= 0.6 is 0 Å². The van der Waals surface area contributed by atoms with Gasteiger partial charge in [-0.25, -0.2) is 0 Å². The molecule has 0 spiro atoms. The number of benzene rings is 1. The van der Waals surface area contributed by atoms with Gasteiger partial charge in [0, 0.05) is 11.6 Å². The van der Waals surface area contributed by atoms with E-state index in [1.807, 2.05) is 13.8 Å². The standard InChI is InChI=1S/C16H20N2O4/c1-4-10(2)17-15(20)8-18-13-7-12(11(3)19)5-6-14(13)22-9-16(18)21/h5-7,10H,4,8-9H2,1-3H3,(H,17,20)/t10-/m1/s1. The fourth-order valence-corrected chi connectivity index (χ4v) is 2.16. The average molecular weight is 304 g/mol. The lowest BCUT2D eigenvalue weighted by Crippen LogP contribution is -2.46. The first-order valence-electron chi connectivity index (χ1n) is 7.30. The second-order valence-electron chi connectivity index (χ2n) is 5.38. The number of anilines is 1. The quantitative estimate of drug-likeness (QED) is 0.837. The van der Waals surface area contributed by atoms with Gasteiger partial charge < -0.3 is 10.1 Å². The van der Waals surface area contributed by atoms with E-state index in [0.29, 0.717) is 17.0 Å². The zero-order valence-corrected chi connectivity index (χ0v) is 13.0. The predicted molar refractivity (Wildman–Crippen MR) is 82.2 cm³/mol. The van der Waals surface area contributed by atoms with Crippen LogP contribution in [0.5, 0.6) is 5.75 Å². The molecule has 0 saturated heterocycles. The molecule has 2 amide bonds. The molecule has 1 aromatic carbocycles. The van der Waals surface area contributed by atoms with Crippen molar-refractivity contribution >= 4 is 23.3 Å². The third kappa shape index (κ3) is 3.44. The van der Waals surface area contributed by atoms with Crippen molar-refractivity contribution in [1.29, 1.82) is 0 Å². The molecule has 0 fully saturated rings. The molecule has 1 heterocycles. The molecular weight excluding hydrogens is 284 g/mol. The van der Waals surface area contributed by atoms with E-state index >= 15 is 0 Å². The van der Waals surface area contributed by atoms with Gasteiger partial charge in [-0.2, -0.15) is 0 Å². The molecule has 22 heavy (non-hydrogen) atoms. The van der Waals surface area contributed by atoms with E-state index in [-0.39, 0.29) is 36.8 Å². The fraction of sp³-hybridized carbons (Fsp3) is 0.438. The number of amides is 2. The van der Waals surface area contributed by atoms with Crippen molar-refractivity contribution in [2.24, 2.45) is 0 Å². The summed E-state index contributed by atoms with van der Waals surface area (Å²) in [6, 6.07) is 4.93. The van der Waals surface area contributed by atoms with E-state index in [9.17, 15) is 14.4 Å². The van der Waals surface area contributed by atoms with E-state index < -0.39 is 0 Å². The lowest BCUT2D eigenvalue weighted by Gasteiger charge is -2.29. The summed E-state index contributed by atoms with van der Waals surface area (Å²) < 4.78 is 5.35. The molecule has 118 valence electrons. The number of hydrogen-bond donors (Lipinski definition) is 1. The molecule has 1 atom stereocenters. The molecule has 2 rings (SSSR count). The monoisotopic (exact) mass is 304 g/mol. The number of ether oxygens (including phenoxy) is 1. The number of hydrogen-bond acceptors (Lipinski definition) is 4. The van der Waals surface area contributed by atoms with Gasteiger partial charge >= 0.3 is 0 Å². The molecule has 0 bridgehead atoms. The number of fused-ring (bicyclic) bond motifs is 1. The normalized spacial score (nSPS) is 14.9. The Bertz CT molecular complexity index is 612. The van der Waals surface area contributed by atoms with Crippen LogP contribution in [-0.2, 0) is 9.59 Å². The number of carbonyl (C=O) groups excluding carboxylic acids is 3. The number of nitrogens with one attached hydrogen (secondary N) is 1. The molecule has 0 radical (unpaired) electrons. The number of rotatable bonds is 5. The minimum Gasteiger partial charge on any atom is -0.482 e. The van der Waals surface area contributed by atoms with Gasteiger partial charge in [0.05, 0.1) is 5.69 Å². The lowest BCUT2D eigenvalue weighted by atomic mass is 10.1. The van der Waals surface area contributed by atoms with Gasteiger partial charge in [0.25, 0.3) is 5.91 Å². The van der Waals surface area contributed by atoms with Crippen molar-refractivity contribution in [3.05, 3.63) is 23.8 Å². The first kappa shape index (κ1) is 16.0. The first-order valence-corrected chi connectivity index (χ1v) is 7.30. The highest BCUT2D eigenvalue weighted by Gasteiger charge is 2.28. The van der Waals surface area contributed by atoms with Crippen molar-refractivity contribution in [2.45, 2.75) is 33.2 Å². The summed E-state index contributed by atoms with van der Waals surface area (Å²) in [5.41, 5.74) is 0.938. The van der Waals surface area contributed by atoms with Gasteiger partial charge in [0.1, 0.15) is 12.3 Å². The summed E-state index contributed by atoms with van der Waals surface area (Å²) in [6.07, 6.45) is 0.813. The van der Waals surface area contributed by atoms with Gasteiger partial charge in [-0.15, -0.1) is 0 Å². The molecular formula is C16H20N2O4. The summed E-state index contributed by atoms with van der Waals surface area (Å²) in [5, 5.41) is 2.83. The second kappa shape index (κ2) is 6.60. The molecule has 1 aliphatic heterocycles. The van der Waals surface area contributed by atoms with Crippen LogP contribution in [0.2, 0.25) is 0 Å². The topological polar surface area (TPSA) is 75.7 Å². The Morgan fingerprint density at radius 2 is 2.14 bits per heavy atom. The highest BCUT2D eigenvalue weighted by Crippen LogP contribution is 2.32. The van der Waals surface area contributed by atoms with Crippen LogP contribution in [0.25, 0.3) is 0 Å². The molecule has 6 heteroatoms. The zero-order valence-electron chi connectivity index (χ0n) is 13.0. The average Bonchev–Trinajstić information content (AvgIpc) is 2.49. The Kier molecular flexibility index (Phi) is 4.80. The van der Waals surface area contributed by atoms with Crippen molar-refractivity contribution in [1.82, 2.24) is 5.32 Å². The van der Waals surface area contributed by atoms with Crippen LogP contribution in [0.1, 0.15) is 37.6 Å². The second-order valence-corrected chi connectivity index (χ2v) is 5.38. The minimum absolute atomic E-state index is 0.0478. The van der Waals surface area contributed by atoms with Gasteiger partial charge in [-0.3, -0.25) is 19.3 Å². The van der Waals surface area contributed by atoms with Gasteiger partial charge in [-0.1, -0.05) is 6.92 Å². The maximum Gasteiger partial charge on any atom is 0.265 e.